The Kier molecular flexibility index (Phi) is 9.46. The van der Waals surface area contributed by atoms with E-state index in [1.165, 1.54) is 10.6 Å². The van der Waals surface area contributed by atoms with E-state index in [1.54, 1.807) is 0 Å². The molecule has 3 aromatic rings. The molecule has 0 spiro atoms. The summed E-state index contributed by atoms with van der Waals surface area (Å²) in [6.45, 7) is 7.52. The third-order valence-electron chi connectivity index (χ3n) is 5.55. The molecule has 1 amide bonds. The molecule has 3 nitrogen and oxygen atoms in total. The van der Waals surface area contributed by atoms with Gasteiger partial charge in [0, 0.05) is 6.42 Å². The third kappa shape index (κ3) is 7.29. The van der Waals surface area contributed by atoms with Crippen molar-refractivity contribution in [2.45, 2.75) is 45.5 Å². The number of benzene rings is 3. The summed E-state index contributed by atoms with van der Waals surface area (Å²) in [5.74, 6) is 0.397. The van der Waals surface area contributed by atoms with Crippen LogP contribution in [0.1, 0.15) is 32.8 Å². The lowest BCUT2D eigenvalue weighted by Gasteiger charge is -2.27. The molecule has 0 saturated carbocycles. The molecule has 0 unspecified atom stereocenters. The van der Waals surface area contributed by atoms with Gasteiger partial charge in [0.1, 0.15) is 0 Å². The van der Waals surface area contributed by atoms with Crippen LogP contribution < -0.4 is 15.9 Å². The average Bonchev–Trinajstić information content (AvgIpc) is 2.80. The molecule has 0 fully saturated rings. The quantitative estimate of drug-likeness (QED) is 0.408. The monoisotopic (exact) mass is 447 g/mol. The fourth-order valence-corrected chi connectivity index (χ4v) is 6.39. The maximum atomic E-state index is 13.0. The first-order chi connectivity index (χ1) is 15.5. The van der Waals surface area contributed by atoms with Gasteiger partial charge >= 0.3 is 0 Å². The molecule has 0 radical (unpaired) electrons. The largest absolute Gasteiger partial charge is 0.375 e. The molecule has 2 atom stereocenters. The first-order valence-electron chi connectivity index (χ1n) is 11.3. The van der Waals surface area contributed by atoms with Crippen LogP contribution in [0.3, 0.4) is 0 Å². The number of hydrogen-bond acceptors (Lipinski definition) is 2. The molecule has 0 aliphatic carbocycles. The molecular weight excluding hydrogens is 413 g/mol. The molecule has 168 valence electrons. The number of carbonyl (C=O) groups excluding carboxylic acids is 1. The van der Waals surface area contributed by atoms with Crippen LogP contribution in [0.5, 0.6) is 0 Å². The molecule has 3 rings (SSSR count). The summed E-state index contributed by atoms with van der Waals surface area (Å²) in [7, 11) is -0.618. The molecule has 3 aromatic carbocycles. The SMILES string of the molecule is CC(C)[C@H](COCc1ccccc1)NC(=O)C[C@H](C)P(c1ccccc1)c1ccccc1. The second-order valence-electron chi connectivity index (χ2n) is 8.51. The van der Waals surface area contributed by atoms with Crippen molar-refractivity contribution in [3.05, 3.63) is 96.6 Å². The van der Waals surface area contributed by atoms with Crippen molar-refractivity contribution in [2.24, 2.45) is 5.92 Å². The van der Waals surface area contributed by atoms with Crippen LogP contribution in [-0.4, -0.2) is 24.2 Å². The van der Waals surface area contributed by atoms with Gasteiger partial charge in [-0.3, -0.25) is 4.79 Å². The number of amides is 1. The Labute approximate surface area is 194 Å². The fourth-order valence-electron chi connectivity index (χ4n) is 3.74. The van der Waals surface area contributed by atoms with E-state index in [1.807, 2.05) is 30.3 Å². The Balaban J connectivity index is 1.61. The van der Waals surface area contributed by atoms with E-state index >= 15 is 0 Å². The lowest BCUT2D eigenvalue weighted by molar-refractivity contribution is -0.122. The highest BCUT2D eigenvalue weighted by atomic mass is 31.1. The van der Waals surface area contributed by atoms with E-state index in [4.69, 9.17) is 4.74 Å². The molecular formula is C28H34NO2P. The topological polar surface area (TPSA) is 38.3 Å². The molecule has 4 heteroatoms. The van der Waals surface area contributed by atoms with Crippen molar-refractivity contribution in [1.29, 1.82) is 0 Å². The van der Waals surface area contributed by atoms with Gasteiger partial charge in [-0.05, 0) is 35.7 Å². The molecule has 0 saturated heterocycles. The normalized spacial score (nSPS) is 13.2. The number of rotatable bonds is 11. The van der Waals surface area contributed by atoms with E-state index in [-0.39, 0.29) is 17.6 Å². The van der Waals surface area contributed by atoms with Gasteiger partial charge in [0.15, 0.2) is 0 Å². The predicted octanol–water partition coefficient (Wildman–Crippen LogP) is 5.26. The summed E-state index contributed by atoms with van der Waals surface area (Å²) in [4.78, 5) is 13.0. The van der Waals surface area contributed by atoms with Gasteiger partial charge in [-0.2, -0.15) is 0 Å². The molecule has 32 heavy (non-hydrogen) atoms. The highest BCUT2D eigenvalue weighted by molar-refractivity contribution is 7.73. The van der Waals surface area contributed by atoms with Gasteiger partial charge in [0.2, 0.25) is 5.91 Å². The van der Waals surface area contributed by atoms with Crippen molar-refractivity contribution in [3.63, 3.8) is 0 Å². The predicted molar refractivity (Wildman–Crippen MR) is 136 cm³/mol. The lowest BCUT2D eigenvalue weighted by Crippen LogP contribution is -2.42. The van der Waals surface area contributed by atoms with Crippen molar-refractivity contribution in [1.82, 2.24) is 5.32 Å². The van der Waals surface area contributed by atoms with Crippen LogP contribution >= 0.6 is 7.92 Å². The van der Waals surface area contributed by atoms with E-state index in [0.29, 0.717) is 25.6 Å². The van der Waals surface area contributed by atoms with Gasteiger partial charge < -0.3 is 10.1 Å². The van der Waals surface area contributed by atoms with Crippen LogP contribution in [0.25, 0.3) is 0 Å². The van der Waals surface area contributed by atoms with E-state index in [2.05, 4.69) is 86.8 Å². The summed E-state index contributed by atoms with van der Waals surface area (Å²) in [6.07, 6.45) is 0.497. The van der Waals surface area contributed by atoms with Crippen molar-refractivity contribution in [3.8, 4) is 0 Å². The number of nitrogens with one attached hydrogen (secondary N) is 1. The maximum Gasteiger partial charge on any atom is 0.220 e. The summed E-state index contributed by atoms with van der Waals surface area (Å²) in [5.41, 5.74) is 1.37. The van der Waals surface area contributed by atoms with E-state index in [9.17, 15) is 4.79 Å². The minimum atomic E-state index is -0.618. The Morgan fingerprint density at radius 3 is 1.81 bits per heavy atom. The highest BCUT2D eigenvalue weighted by Crippen LogP contribution is 2.40. The summed E-state index contributed by atoms with van der Waals surface area (Å²) in [6, 6.07) is 31.3. The van der Waals surface area contributed by atoms with Crippen molar-refractivity contribution in [2.75, 3.05) is 6.61 Å². The average molecular weight is 448 g/mol. The Hall–Kier alpha value is -2.48. The lowest BCUT2D eigenvalue weighted by atomic mass is 10.1. The minimum Gasteiger partial charge on any atom is -0.375 e. The molecule has 0 aromatic heterocycles. The first kappa shape index (κ1) is 24.2. The molecule has 0 heterocycles. The first-order valence-corrected chi connectivity index (χ1v) is 12.8. The second-order valence-corrected chi connectivity index (χ2v) is 11.2. The third-order valence-corrected chi connectivity index (χ3v) is 8.32. The summed E-state index contributed by atoms with van der Waals surface area (Å²) in [5, 5.41) is 5.85. The minimum absolute atomic E-state index is 0.00177. The van der Waals surface area contributed by atoms with Crippen LogP contribution in [0, 0.1) is 5.92 Å². The smallest absolute Gasteiger partial charge is 0.220 e. The van der Waals surface area contributed by atoms with Crippen LogP contribution in [0.4, 0.5) is 0 Å². The Morgan fingerprint density at radius 2 is 1.31 bits per heavy atom. The fraction of sp³-hybridized carbons (Fsp3) is 0.321. The molecule has 0 aliphatic rings. The Bertz CT molecular complexity index is 892. The number of carbonyl (C=O) groups is 1. The number of hydrogen-bond donors (Lipinski definition) is 1. The molecule has 0 aliphatic heterocycles. The number of ether oxygens (including phenoxy) is 1. The van der Waals surface area contributed by atoms with Crippen LogP contribution in [0.2, 0.25) is 0 Å². The van der Waals surface area contributed by atoms with Crippen molar-refractivity contribution >= 4 is 24.4 Å². The standard InChI is InChI=1S/C28H34NO2P/c1-22(2)27(21-31-20-24-13-7-4-8-14-24)29-28(30)19-23(3)32(25-15-9-5-10-16-25)26-17-11-6-12-18-26/h4-18,22-23,27H,19-21H2,1-3H3,(H,29,30)/t23-,27-/m0/s1. The van der Waals surface area contributed by atoms with Crippen LogP contribution in [-0.2, 0) is 16.1 Å². The molecule has 0 bridgehead atoms. The maximum absolute atomic E-state index is 13.0. The molecule has 1 N–H and O–H groups in total. The van der Waals surface area contributed by atoms with Gasteiger partial charge in [0.25, 0.3) is 0 Å². The van der Waals surface area contributed by atoms with Gasteiger partial charge in [-0.25, -0.2) is 0 Å². The summed E-state index contributed by atoms with van der Waals surface area (Å²) >= 11 is 0. The Morgan fingerprint density at radius 1 is 0.812 bits per heavy atom. The van der Waals surface area contributed by atoms with Crippen LogP contribution in [0.15, 0.2) is 91.0 Å². The van der Waals surface area contributed by atoms with E-state index < -0.39 is 7.92 Å². The highest BCUT2D eigenvalue weighted by Gasteiger charge is 2.25. The van der Waals surface area contributed by atoms with Gasteiger partial charge in [-0.15, -0.1) is 0 Å². The second kappa shape index (κ2) is 12.5. The zero-order valence-corrected chi connectivity index (χ0v) is 20.2. The van der Waals surface area contributed by atoms with Gasteiger partial charge in [0.05, 0.1) is 19.3 Å². The zero-order chi connectivity index (χ0) is 22.8. The summed E-state index contributed by atoms with van der Waals surface area (Å²) < 4.78 is 5.92. The van der Waals surface area contributed by atoms with Crippen molar-refractivity contribution < 1.29 is 9.53 Å². The zero-order valence-electron chi connectivity index (χ0n) is 19.3. The van der Waals surface area contributed by atoms with E-state index in [0.717, 1.165) is 5.56 Å². The van der Waals surface area contributed by atoms with Gasteiger partial charge in [-0.1, -0.05) is 112 Å².